The normalized spacial score (nSPS) is 12.9. The van der Waals surface area contributed by atoms with E-state index in [4.69, 9.17) is 0 Å². The molecule has 2 aromatic rings. The lowest BCUT2D eigenvalue weighted by atomic mass is 10.2. The van der Waals surface area contributed by atoms with Crippen LogP contribution in [-0.4, -0.2) is 38.2 Å². The molecule has 1 atom stereocenters. The molecule has 0 unspecified atom stereocenters. The average molecular weight is 330 g/mol. The van der Waals surface area contributed by atoms with Gasteiger partial charge in [0.15, 0.2) is 0 Å². The Hall–Kier alpha value is -2.52. The third-order valence-electron chi connectivity index (χ3n) is 2.88. The Morgan fingerprint density at radius 2 is 2.22 bits per heavy atom. The molecule has 0 aliphatic carbocycles. The molecular weight excluding hydrogens is 313 g/mol. The van der Waals surface area contributed by atoms with Crippen LogP contribution < -0.4 is 10.6 Å². The van der Waals surface area contributed by atoms with Crippen molar-refractivity contribution in [2.45, 2.75) is 39.0 Å². The number of alkyl halides is 3. The number of urea groups is 1. The Morgan fingerprint density at radius 3 is 2.83 bits per heavy atom. The van der Waals surface area contributed by atoms with Crippen LogP contribution in [0.3, 0.4) is 0 Å². The van der Waals surface area contributed by atoms with Crippen LogP contribution >= 0.6 is 0 Å². The molecule has 0 bridgehead atoms. The SMILES string of the molecule is Cc1cc(C[C@H](C)NC(=O)Nc2cnn(CC(F)(F)F)c2)n[nH]1. The number of amides is 2. The number of rotatable bonds is 5. The molecule has 0 radical (unpaired) electrons. The first-order chi connectivity index (χ1) is 10.7. The molecule has 126 valence electrons. The van der Waals surface area contributed by atoms with Gasteiger partial charge in [0.2, 0.25) is 0 Å². The van der Waals surface area contributed by atoms with Crippen LogP contribution in [0.5, 0.6) is 0 Å². The van der Waals surface area contributed by atoms with E-state index in [1.54, 1.807) is 6.92 Å². The fraction of sp³-hybridized carbons (Fsp3) is 0.462. The average Bonchev–Trinajstić information content (AvgIpc) is 2.96. The number of nitrogens with zero attached hydrogens (tertiary/aromatic N) is 3. The van der Waals surface area contributed by atoms with Gasteiger partial charge in [-0.05, 0) is 19.9 Å². The standard InChI is InChI=1S/C13H17F3N6O/c1-8(3-10-4-9(2)20-21-10)18-12(23)19-11-5-17-22(6-11)7-13(14,15)16/h4-6,8H,3,7H2,1-2H3,(H,20,21)(H2,18,19,23)/t8-/m0/s1. The number of aromatic nitrogens is 4. The van der Waals surface area contributed by atoms with Gasteiger partial charge in [-0.15, -0.1) is 0 Å². The van der Waals surface area contributed by atoms with Gasteiger partial charge in [-0.3, -0.25) is 9.78 Å². The molecule has 0 saturated heterocycles. The third-order valence-corrected chi connectivity index (χ3v) is 2.88. The second-order valence-corrected chi connectivity index (χ2v) is 5.29. The molecule has 2 rings (SSSR count). The summed E-state index contributed by atoms with van der Waals surface area (Å²) < 4.78 is 37.4. The summed E-state index contributed by atoms with van der Waals surface area (Å²) in [5, 5.41) is 15.5. The van der Waals surface area contributed by atoms with Gasteiger partial charge in [0.25, 0.3) is 0 Å². The zero-order chi connectivity index (χ0) is 17.0. The number of aromatic amines is 1. The topological polar surface area (TPSA) is 87.6 Å². The number of H-pyrrole nitrogens is 1. The minimum atomic E-state index is -4.36. The van der Waals surface area contributed by atoms with Gasteiger partial charge in [0.1, 0.15) is 6.54 Å². The molecule has 23 heavy (non-hydrogen) atoms. The number of hydrogen-bond donors (Lipinski definition) is 3. The van der Waals surface area contributed by atoms with Crippen molar-refractivity contribution in [3.63, 3.8) is 0 Å². The van der Waals surface area contributed by atoms with Crippen LogP contribution in [0.1, 0.15) is 18.3 Å². The summed E-state index contributed by atoms with van der Waals surface area (Å²) in [6.45, 7) is 2.47. The van der Waals surface area contributed by atoms with Crippen LogP contribution in [0.25, 0.3) is 0 Å². The summed E-state index contributed by atoms with van der Waals surface area (Å²) in [6.07, 6.45) is -1.55. The van der Waals surface area contributed by atoms with Crippen molar-refractivity contribution in [2.24, 2.45) is 0 Å². The van der Waals surface area contributed by atoms with Gasteiger partial charge < -0.3 is 10.6 Å². The predicted octanol–water partition coefficient (Wildman–Crippen LogP) is 2.23. The Morgan fingerprint density at radius 1 is 1.48 bits per heavy atom. The molecule has 10 heteroatoms. The third kappa shape index (κ3) is 5.64. The molecular formula is C13H17F3N6O. The molecule has 2 aromatic heterocycles. The maximum atomic E-state index is 12.2. The second kappa shape index (κ2) is 6.71. The highest BCUT2D eigenvalue weighted by Crippen LogP contribution is 2.18. The van der Waals surface area contributed by atoms with Gasteiger partial charge in [-0.1, -0.05) is 0 Å². The monoisotopic (exact) mass is 330 g/mol. The zero-order valence-corrected chi connectivity index (χ0v) is 12.6. The number of hydrogen-bond acceptors (Lipinski definition) is 3. The zero-order valence-electron chi connectivity index (χ0n) is 12.6. The molecule has 0 aliphatic heterocycles. The largest absolute Gasteiger partial charge is 0.408 e. The Bertz CT molecular complexity index is 663. The van der Waals surface area contributed by atoms with Crippen LogP contribution in [0.2, 0.25) is 0 Å². The quantitative estimate of drug-likeness (QED) is 0.785. The van der Waals surface area contributed by atoms with E-state index < -0.39 is 18.8 Å². The summed E-state index contributed by atoms with van der Waals surface area (Å²) in [5.74, 6) is 0. The van der Waals surface area contributed by atoms with Crippen molar-refractivity contribution in [3.8, 4) is 0 Å². The molecule has 0 aromatic carbocycles. The van der Waals surface area contributed by atoms with Gasteiger partial charge in [0.05, 0.1) is 17.6 Å². The first-order valence-electron chi connectivity index (χ1n) is 6.89. The van der Waals surface area contributed by atoms with Gasteiger partial charge in [-0.25, -0.2) is 4.79 Å². The lowest BCUT2D eigenvalue weighted by molar-refractivity contribution is -0.142. The van der Waals surface area contributed by atoms with Crippen molar-refractivity contribution >= 4 is 11.7 Å². The van der Waals surface area contributed by atoms with E-state index in [1.165, 1.54) is 0 Å². The Balaban J connectivity index is 1.82. The van der Waals surface area contributed by atoms with E-state index in [2.05, 4.69) is 25.9 Å². The van der Waals surface area contributed by atoms with Gasteiger partial charge in [0, 0.05) is 24.4 Å². The fourth-order valence-corrected chi connectivity index (χ4v) is 2.03. The molecule has 3 N–H and O–H groups in total. The van der Waals surface area contributed by atoms with E-state index in [9.17, 15) is 18.0 Å². The maximum absolute atomic E-state index is 12.2. The number of carbonyl (C=O) groups excluding carboxylic acids is 1. The van der Waals surface area contributed by atoms with Gasteiger partial charge in [-0.2, -0.15) is 23.4 Å². The highest BCUT2D eigenvalue weighted by Gasteiger charge is 2.28. The molecule has 0 spiro atoms. The predicted molar refractivity (Wildman–Crippen MR) is 76.9 cm³/mol. The fourth-order valence-electron chi connectivity index (χ4n) is 2.03. The summed E-state index contributed by atoms with van der Waals surface area (Å²) in [7, 11) is 0. The second-order valence-electron chi connectivity index (χ2n) is 5.29. The molecule has 2 amide bonds. The van der Waals surface area contributed by atoms with Crippen molar-refractivity contribution in [2.75, 3.05) is 5.32 Å². The lowest BCUT2D eigenvalue weighted by Gasteiger charge is -2.12. The summed E-state index contributed by atoms with van der Waals surface area (Å²) in [6, 6.07) is 1.16. The highest BCUT2D eigenvalue weighted by molar-refractivity contribution is 5.89. The number of halogens is 3. The van der Waals surface area contributed by atoms with E-state index in [0.717, 1.165) is 23.8 Å². The van der Waals surface area contributed by atoms with Crippen LogP contribution in [0.15, 0.2) is 18.5 Å². The Kier molecular flexibility index (Phi) is 4.92. The van der Waals surface area contributed by atoms with E-state index in [-0.39, 0.29) is 11.7 Å². The number of carbonyl (C=O) groups is 1. The van der Waals surface area contributed by atoms with Crippen LogP contribution in [0.4, 0.5) is 23.7 Å². The molecule has 7 nitrogen and oxygen atoms in total. The van der Waals surface area contributed by atoms with E-state index in [0.29, 0.717) is 11.1 Å². The van der Waals surface area contributed by atoms with Crippen molar-refractivity contribution in [3.05, 3.63) is 29.8 Å². The minimum absolute atomic E-state index is 0.189. The van der Waals surface area contributed by atoms with Crippen LogP contribution in [0, 0.1) is 6.92 Å². The molecule has 2 heterocycles. The lowest BCUT2D eigenvalue weighted by Crippen LogP contribution is -2.37. The molecule has 0 aliphatic rings. The molecule has 0 fully saturated rings. The number of aryl methyl sites for hydroxylation is 1. The Labute approximate surface area is 130 Å². The van der Waals surface area contributed by atoms with Gasteiger partial charge >= 0.3 is 12.2 Å². The first kappa shape index (κ1) is 16.8. The smallest absolute Gasteiger partial charge is 0.335 e. The van der Waals surface area contributed by atoms with E-state index in [1.807, 2.05) is 13.0 Å². The number of anilines is 1. The first-order valence-corrected chi connectivity index (χ1v) is 6.89. The summed E-state index contributed by atoms with van der Waals surface area (Å²) in [4.78, 5) is 11.8. The van der Waals surface area contributed by atoms with Crippen molar-refractivity contribution in [1.82, 2.24) is 25.3 Å². The van der Waals surface area contributed by atoms with Crippen molar-refractivity contribution in [1.29, 1.82) is 0 Å². The maximum Gasteiger partial charge on any atom is 0.408 e. The highest BCUT2D eigenvalue weighted by atomic mass is 19.4. The summed E-state index contributed by atoms with van der Waals surface area (Å²) >= 11 is 0. The molecule has 0 saturated carbocycles. The van der Waals surface area contributed by atoms with Crippen molar-refractivity contribution < 1.29 is 18.0 Å². The number of nitrogens with one attached hydrogen (secondary N) is 3. The summed E-state index contributed by atoms with van der Waals surface area (Å²) in [5.41, 5.74) is 1.93. The van der Waals surface area contributed by atoms with E-state index >= 15 is 0 Å². The minimum Gasteiger partial charge on any atom is -0.335 e. The van der Waals surface area contributed by atoms with Crippen LogP contribution in [-0.2, 0) is 13.0 Å².